The van der Waals surface area contributed by atoms with Crippen molar-refractivity contribution >= 4 is 34.6 Å². The van der Waals surface area contributed by atoms with Gasteiger partial charge in [-0.25, -0.2) is 4.98 Å². The predicted octanol–water partition coefficient (Wildman–Crippen LogP) is 2.65. The molecular formula is C21H22N8O2. The third kappa shape index (κ3) is 3.68. The number of ether oxygens (including phenoxy) is 2. The van der Waals surface area contributed by atoms with Crippen LogP contribution in [0.4, 0.5) is 17.3 Å². The maximum absolute atomic E-state index is 7.39. The number of nitrogens with zero attached hydrogens (tertiary/aromatic N) is 5. The highest BCUT2D eigenvalue weighted by atomic mass is 16.5. The molecule has 0 radical (unpaired) electrons. The monoisotopic (exact) mass is 418 g/mol. The molecule has 0 aliphatic carbocycles. The van der Waals surface area contributed by atoms with Gasteiger partial charge in [-0.3, -0.25) is 4.68 Å². The van der Waals surface area contributed by atoms with Crippen LogP contribution in [0, 0.1) is 5.41 Å². The van der Waals surface area contributed by atoms with Crippen molar-refractivity contribution in [3.05, 3.63) is 48.4 Å². The second-order valence-electron chi connectivity index (χ2n) is 7.36. The van der Waals surface area contributed by atoms with Crippen molar-refractivity contribution < 1.29 is 9.47 Å². The van der Waals surface area contributed by atoms with E-state index in [2.05, 4.69) is 20.4 Å². The zero-order valence-electron chi connectivity index (χ0n) is 16.9. The van der Waals surface area contributed by atoms with Gasteiger partial charge in [0.25, 0.3) is 0 Å². The van der Waals surface area contributed by atoms with Crippen LogP contribution in [-0.4, -0.2) is 49.8 Å². The molecule has 1 fully saturated rings. The first-order valence-corrected chi connectivity index (χ1v) is 9.90. The predicted molar refractivity (Wildman–Crippen MR) is 118 cm³/mol. The second kappa shape index (κ2) is 7.73. The Morgan fingerprint density at radius 3 is 2.94 bits per heavy atom. The van der Waals surface area contributed by atoms with E-state index in [4.69, 9.17) is 20.6 Å². The van der Waals surface area contributed by atoms with E-state index in [1.165, 1.54) is 6.21 Å². The van der Waals surface area contributed by atoms with Gasteiger partial charge in [-0.15, -0.1) is 0 Å². The van der Waals surface area contributed by atoms with E-state index in [1.54, 1.807) is 23.0 Å². The van der Waals surface area contributed by atoms with Gasteiger partial charge in [0.05, 0.1) is 30.6 Å². The number of aromatic nitrogens is 5. The Labute approximate surface area is 178 Å². The summed E-state index contributed by atoms with van der Waals surface area (Å²) >= 11 is 0. The van der Waals surface area contributed by atoms with Crippen molar-refractivity contribution in [3.8, 4) is 11.6 Å². The maximum Gasteiger partial charge on any atom is 0.244 e. The Hall–Kier alpha value is -3.92. The molecular weight excluding hydrogens is 396 g/mol. The van der Waals surface area contributed by atoms with Gasteiger partial charge in [-0.1, -0.05) is 0 Å². The van der Waals surface area contributed by atoms with E-state index >= 15 is 0 Å². The average molecular weight is 418 g/mol. The fraction of sp³-hybridized carbons (Fsp3) is 0.238. The summed E-state index contributed by atoms with van der Waals surface area (Å²) in [5.41, 5.74) is 10.3. The summed E-state index contributed by atoms with van der Waals surface area (Å²) in [7, 11) is 1.87. The molecule has 1 aliphatic heterocycles. The van der Waals surface area contributed by atoms with Gasteiger partial charge < -0.3 is 30.5 Å². The molecule has 0 unspecified atom stereocenters. The molecule has 5 rings (SSSR count). The normalized spacial score (nSPS) is 16.0. The SMILES string of the molecule is Cn1cc(-n2ccc3nc(Nc4ccc(C=N)c(N)c4)nc(O[C@H]4CCOC4)c32)cn1. The molecule has 10 nitrogen and oxygen atoms in total. The number of aryl methyl sites for hydroxylation is 1. The smallest absolute Gasteiger partial charge is 0.244 e. The molecule has 1 atom stereocenters. The lowest BCUT2D eigenvalue weighted by molar-refractivity contribution is 0.139. The van der Waals surface area contributed by atoms with E-state index in [9.17, 15) is 0 Å². The Kier molecular flexibility index (Phi) is 4.75. The number of nitrogens with one attached hydrogen (secondary N) is 2. The number of benzene rings is 1. The van der Waals surface area contributed by atoms with Gasteiger partial charge in [0.1, 0.15) is 11.6 Å². The molecule has 158 valence electrons. The Morgan fingerprint density at radius 1 is 1.32 bits per heavy atom. The minimum Gasteiger partial charge on any atom is -0.470 e. The van der Waals surface area contributed by atoms with Gasteiger partial charge in [-0.05, 0) is 24.3 Å². The number of hydrogen-bond acceptors (Lipinski definition) is 8. The summed E-state index contributed by atoms with van der Waals surface area (Å²) in [6, 6.07) is 7.27. The van der Waals surface area contributed by atoms with Crippen LogP contribution in [0.25, 0.3) is 16.7 Å². The summed E-state index contributed by atoms with van der Waals surface area (Å²) in [4.78, 5) is 9.33. The van der Waals surface area contributed by atoms with Crippen molar-refractivity contribution in [2.45, 2.75) is 12.5 Å². The van der Waals surface area contributed by atoms with Gasteiger partial charge in [0.15, 0.2) is 0 Å². The Balaban J connectivity index is 1.56. The van der Waals surface area contributed by atoms with Crippen LogP contribution in [0.2, 0.25) is 0 Å². The molecule has 0 amide bonds. The van der Waals surface area contributed by atoms with E-state index in [0.29, 0.717) is 36.3 Å². The van der Waals surface area contributed by atoms with Crippen molar-refractivity contribution in [2.75, 3.05) is 24.3 Å². The number of nitrogens with two attached hydrogens (primary N) is 1. The summed E-state index contributed by atoms with van der Waals surface area (Å²) in [6.45, 7) is 1.20. The van der Waals surface area contributed by atoms with Crippen LogP contribution < -0.4 is 15.8 Å². The molecule has 1 saturated heterocycles. The van der Waals surface area contributed by atoms with Gasteiger partial charge in [-0.2, -0.15) is 10.1 Å². The molecule has 0 bridgehead atoms. The minimum atomic E-state index is -0.0642. The molecule has 1 aromatic carbocycles. The fourth-order valence-electron chi connectivity index (χ4n) is 3.58. The van der Waals surface area contributed by atoms with Crippen LogP contribution in [0.3, 0.4) is 0 Å². The summed E-state index contributed by atoms with van der Waals surface area (Å²) in [5.74, 6) is 0.869. The van der Waals surface area contributed by atoms with Gasteiger partial charge in [0, 0.05) is 49.0 Å². The van der Waals surface area contributed by atoms with Crippen LogP contribution in [-0.2, 0) is 11.8 Å². The lowest BCUT2D eigenvalue weighted by atomic mass is 10.2. The summed E-state index contributed by atoms with van der Waals surface area (Å²) < 4.78 is 15.4. The van der Waals surface area contributed by atoms with Gasteiger partial charge >= 0.3 is 0 Å². The van der Waals surface area contributed by atoms with Crippen LogP contribution >= 0.6 is 0 Å². The quantitative estimate of drug-likeness (QED) is 0.324. The topological polar surface area (TPSA) is 129 Å². The summed E-state index contributed by atoms with van der Waals surface area (Å²) in [5, 5.41) is 14.8. The van der Waals surface area contributed by atoms with E-state index in [0.717, 1.165) is 28.8 Å². The van der Waals surface area contributed by atoms with Crippen LogP contribution in [0.5, 0.6) is 5.88 Å². The van der Waals surface area contributed by atoms with Crippen molar-refractivity contribution in [1.29, 1.82) is 5.41 Å². The average Bonchev–Trinajstić information content (AvgIpc) is 3.49. The molecule has 0 saturated carbocycles. The number of anilines is 3. The molecule has 3 aromatic heterocycles. The largest absolute Gasteiger partial charge is 0.470 e. The number of fused-ring (bicyclic) bond motifs is 1. The van der Waals surface area contributed by atoms with Crippen molar-refractivity contribution in [3.63, 3.8) is 0 Å². The molecule has 31 heavy (non-hydrogen) atoms. The third-order valence-corrected chi connectivity index (χ3v) is 5.14. The molecule has 10 heteroatoms. The number of hydrogen-bond donors (Lipinski definition) is 3. The van der Waals surface area contributed by atoms with Crippen molar-refractivity contribution in [2.24, 2.45) is 7.05 Å². The van der Waals surface area contributed by atoms with Gasteiger partial charge in [0.2, 0.25) is 11.8 Å². The fourth-order valence-corrected chi connectivity index (χ4v) is 3.58. The molecule has 4 heterocycles. The maximum atomic E-state index is 7.39. The van der Waals surface area contributed by atoms with E-state index < -0.39 is 0 Å². The molecule has 0 spiro atoms. The highest BCUT2D eigenvalue weighted by molar-refractivity contribution is 5.87. The number of rotatable bonds is 6. The lowest BCUT2D eigenvalue weighted by Crippen LogP contribution is -2.17. The van der Waals surface area contributed by atoms with Crippen LogP contribution in [0.1, 0.15) is 12.0 Å². The molecule has 4 N–H and O–H groups in total. The van der Waals surface area contributed by atoms with E-state index in [-0.39, 0.29) is 6.10 Å². The molecule has 4 aromatic rings. The Morgan fingerprint density at radius 2 is 2.23 bits per heavy atom. The van der Waals surface area contributed by atoms with Crippen LogP contribution in [0.15, 0.2) is 42.9 Å². The summed E-state index contributed by atoms with van der Waals surface area (Å²) in [6.07, 6.45) is 7.59. The highest BCUT2D eigenvalue weighted by Crippen LogP contribution is 2.31. The number of nitrogen functional groups attached to an aromatic ring is 1. The molecule has 1 aliphatic rings. The first-order valence-electron chi connectivity index (χ1n) is 9.90. The highest BCUT2D eigenvalue weighted by Gasteiger charge is 2.22. The first-order chi connectivity index (χ1) is 15.1. The zero-order valence-corrected chi connectivity index (χ0v) is 16.9. The Bertz CT molecular complexity index is 1260. The third-order valence-electron chi connectivity index (χ3n) is 5.14. The zero-order chi connectivity index (χ0) is 21.4. The van der Waals surface area contributed by atoms with Crippen molar-refractivity contribution in [1.82, 2.24) is 24.3 Å². The van der Waals surface area contributed by atoms with E-state index in [1.807, 2.05) is 36.1 Å². The minimum absolute atomic E-state index is 0.0642. The second-order valence-corrected chi connectivity index (χ2v) is 7.36. The lowest BCUT2D eigenvalue weighted by Gasteiger charge is -2.15. The standard InChI is InChI=1S/C21H22N8O2/c1-28-11-15(10-24-28)29-6-4-18-19(29)20(31-16-5-7-30-12-16)27-21(26-18)25-14-3-2-13(9-22)17(23)8-14/h2-4,6,8-11,16,22H,5,7,12,23H2,1H3,(H,25,26,27)/t16-/m0/s1. The first kappa shape index (κ1) is 19.1.